The number of methoxy groups -OCH3 is 1. The molecular formula is C26H31N5O5. The molecule has 10 heteroatoms. The second-order valence-electron chi connectivity index (χ2n) is 9.13. The first kappa shape index (κ1) is 25.2. The van der Waals surface area contributed by atoms with Crippen LogP contribution in [0.1, 0.15) is 50.6 Å². The molecule has 0 atom stereocenters. The lowest BCUT2D eigenvalue weighted by Gasteiger charge is -2.20. The second-order valence-corrected chi connectivity index (χ2v) is 9.13. The number of fused-ring (bicyclic) bond motifs is 1. The fourth-order valence-corrected chi connectivity index (χ4v) is 4.69. The van der Waals surface area contributed by atoms with Crippen molar-refractivity contribution in [3.05, 3.63) is 74.0 Å². The maximum Gasteiger partial charge on any atom is 0.257 e. The number of rotatable bonds is 7. The molecule has 3 aromatic rings. The fourth-order valence-electron chi connectivity index (χ4n) is 4.69. The number of carbonyl (C=O) groups excluding carboxylic acids is 2. The van der Waals surface area contributed by atoms with Crippen LogP contribution in [0.15, 0.2) is 33.7 Å². The van der Waals surface area contributed by atoms with Gasteiger partial charge in [0.05, 0.1) is 13.7 Å². The summed E-state index contributed by atoms with van der Waals surface area (Å²) < 4.78 is 11.6. The Bertz CT molecular complexity index is 1320. The summed E-state index contributed by atoms with van der Waals surface area (Å²) in [5.41, 5.74) is 5.17. The Balaban J connectivity index is 1.50. The highest BCUT2D eigenvalue weighted by atomic mass is 16.6. The normalized spacial score (nSPS) is 13.2. The minimum atomic E-state index is -0.396. The van der Waals surface area contributed by atoms with E-state index >= 15 is 0 Å². The number of carbonyl (C=O) groups is 2. The van der Waals surface area contributed by atoms with Gasteiger partial charge >= 0.3 is 0 Å². The minimum absolute atomic E-state index is 0.0296. The number of ether oxygens (including phenoxy) is 1. The Kier molecular flexibility index (Phi) is 7.52. The summed E-state index contributed by atoms with van der Waals surface area (Å²) in [7, 11) is 1.42. The molecule has 2 aromatic heterocycles. The minimum Gasteiger partial charge on any atom is -0.496 e. The maximum atomic E-state index is 13.2. The monoisotopic (exact) mass is 493 g/mol. The number of pyridine rings is 1. The van der Waals surface area contributed by atoms with Gasteiger partial charge in [0, 0.05) is 44.2 Å². The lowest BCUT2D eigenvalue weighted by Crippen LogP contribution is -2.34. The summed E-state index contributed by atoms with van der Waals surface area (Å²) in [6.07, 6.45) is 1.40. The molecule has 1 aliphatic heterocycles. The molecule has 190 valence electrons. The molecule has 0 saturated heterocycles. The molecule has 1 aliphatic rings. The van der Waals surface area contributed by atoms with Crippen LogP contribution in [0.25, 0.3) is 0 Å². The van der Waals surface area contributed by atoms with E-state index in [1.807, 2.05) is 13.8 Å². The maximum absolute atomic E-state index is 13.2. The number of nitrogens with zero attached hydrogens (tertiary/aromatic N) is 4. The zero-order valence-electron chi connectivity index (χ0n) is 21.1. The predicted octanol–water partition coefficient (Wildman–Crippen LogP) is 2.11. The van der Waals surface area contributed by atoms with Crippen LogP contribution in [0.4, 0.5) is 0 Å². The van der Waals surface area contributed by atoms with Crippen LogP contribution in [-0.4, -0.2) is 51.8 Å². The van der Waals surface area contributed by atoms with E-state index in [1.54, 1.807) is 16.4 Å². The number of nitrogens with one attached hydrogen (secondary N) is 1. The molecule has 0 unspecified atom stereocenters. The zero-order valence-corrected chi connectivity index (χ0v) is 21.1. The van der Waals surface area contributed by atoms with E-state index in [4.69, 9.17) is 4.74 Å². The molecule has 4 rings (SSSR count). The lowest BCUT2D eigenvalue weighted by molar-refractivity contribution is -0.131. The summed E-state index contributed by atoms with van der Waals surface area (Å²) in [6.45, 7) is 7.07. The molecular weight excluding hydrogens is 462 g/mol. The van der Waals surface area contributed by atoms with Crippen molar-refractivity contribution in [3.8, 4) is 5.75 Å². The van der Waals surface area contributed by atoms with Crippen LogP contribution in [0.3, 0.4) is 0 Å². The van der Waals surface area contributed by atoms with E-state index in [1.165, 1.54) is 24.3 Å². The number of aryl methyl sites for hydroxylation is 4. The van der Waals surface area contributed by atoms with Crippen molar-refractivity contribution in [1.82, 2.24) is 25.1 Å². The third-order valence-corrected chi connectivity index (χ3v) is 6.46. The van der Waals surface area contributed by atoms with Gasteiger partial charge < -0.3 is 19.5 Å². The molecule has 10 nitrogen and oxygen atoms in total. The van der Waals surface area contributed by atoms with E-state index in [0.29, 0.717) is 56.0 Å². The van der Waals surface area contributed by atoms with Gasteiger partial charge in [-0.15, -0.1) is 0 Å². The molecule has 0 saturated carbocycles. The molecule has 0 radical (unpaired) electrons. The van der Waals surface area contributed by atoms with Crippen molar-refractivity contribution in [2.75, 3.05) is 20.2 Å². The fraction of sp³-hybridized carbons (Fsp3) is 0.423. The van der Waals surface area contributed by atoms with Crippen LogP contribution in [0.2, 0.25) is 0 Å². The second kappa shape index (κ2) is 10.8. The average molecular weight is 494 g/mol. The van der Waals surface area contributed by atoms with Gasteiger partial charge in [0.15, 0.2) is 0 Å². The first-order valence-corrected chi connectivity index (χ1v) is 12.0. The SMILES string of the molecule is COc1cc(=O)n2c(c1C(=O)NCc1nonc1C)CCN(C(=O)CCc1cc(C)cc(C)c1)CC2. The van der Waals surface area contributed by atoms with Crippen molar-refractivity contribution in [2.45, 2.75) is 53.1 Å². The smallest absolute Gasteiger partial charge is 0.257 e. The summed E-state index contributed by atoms with van der Waals surface area (Å²) in [5, 5.41) is 10.3. The van der Waals surface area contributed by atoms with Gasteiger partial charge in [-0.3, -0.25) is 14.4 Å². The number of hydrogen-bond acceptors (Lipinski definition) is 7. The average Bonchev–Trinajstić information content (AvgIpc) is 3.11. The number of aromatic nitrogens is 3. The van der Waals surface area contributed by atoms with Gasteiger partial charge in [-0.05, 0) is 32.8 Å². The van der Waals surface area contributed by atoms with Crippen LogP contribution in [-0.2, 0) is 30.7 Å². The summed E-state index contributed by atoms with van der Waals surface area (Å²) in [4.78, 5) is 40.8. The molecule has 3 heterocycles. The van der Waals surface area contributed by atoms with Crippen molar-refractivity contribution >= 4 is 11.8 Å². The van der Waals surface area contributed by atoms with E-state index in [0.717, 1.165) is 5.56 Å². The van der Waals surface area contributed by atoms with E-state index in [9.17, 15) is 14.4 Å². The van der Waals surface area contributed by atoms with Crippen LogP contribution >= 0.6 is 0 Å². The van der Waals surface area contributed by atoms with Crippen LogP contribution in [0, 0.1) is 20.8 Å². The summed E-state index contributed by atoms with van der Waals surface area (Å²) in [6, 6.07) is 7.64. The molecule has 1 N–H and O–H groups in total. The Labute approximate surface area is 209 Å². The van der Waals surface area contributed by atoms with E-state index < -0.39 is 5.91 Å². The van der Waals surface area contributed by atoms with Crippen molar-refractivity contribution in [2.24, 2.45) is 0 Å². The molecule has 36 heavy (non-hydrogen) atoms. The Morgan fingerprint density at radius 1 is 1.06 bits per heavy atom. The van der Waals surface area contributed by atoms with Gasteiger partial charge in [-0.25, -0.2) is 4.63 Å². The van der Waals surface area contributed by atoms with E-state index in [2.05, 4.69) is 38.5 Å². The highest BCUT2D eigenvalue weighted by Crippen LogP contribution is 2.23. The van der Waals surface area contributed by atoms with Crippen molar-refractivity contribution < 1.29 is 19.0 Å². The quantitative estimate of drug-likeness (QED) is 0.535. The largest absolute Gasteiger partial charge is 0.496 e. The highest BCUT2D eigenvalue weighted by molar-refractivity contribution is 5.98. The third-order valence-electron chi connectivity index (χ3n) is 6.46. The Morgan fingerprint density at radius 3 is 2.47 bits per heavy atom. The summed E-state index contributed by atoms with van der Waals surface area (Å²) >= 11 is 0. The standard InChI is InChI=1S/C26H31N5O5/c1-16-11-17(2)13-19(12-16)5-6-23(32)30-8-7-21-25(22(35-4)14-24(33)31(21)10-9-30)26(34)27-15-20-18(3)28-36-29-20/h11-14H,5-10,15H2,1-4H3,(H,27,34). The first-order chi connectivity index (χ1) is 17.3. The number of benzene rings is 1. The first-order valence-electron chi connectivity index (χ1n) is 12.0. The van der Waals surface area contributed by atoms with Gasteiger partial charge in [0.2, 0.25) is 5.91 Å². The lowest BCUT2D eigenvalue weighted by atomic mass is 10.0. The topological polar surface area (TPSA) is 120 Å². The zero-order chi connectivity index (χ0) is 25.8. The van der Waals surface area contributed by atoms with Crippen LogP contribution < -0.4 is 15.6 Å². The van der Waals surface area contributed by atoms with Crippen molar-refractivity contribution in [3.63, 3.8) is 0 Å². The van der Waals surface area contributed by atoms with Gasteiger partial charge in [0.25, 0.3) is 11.5 Å². The Hall–Kier alpha value is -3.95. The highest BCUT2D eigenvalue weighted by Gasteiger charge is 2.26. The van der Waals surface area contributed by atoms with Gasteiger partial charge in [-0.2, -0.15) is 0 Å². The molecule has 2 amide bonds. The summed E-state index contributed by atoms with van der Waals surface area (Å²) in [5.74, 6) is -0.164. The van der Waals surface area contributed by atoms with Crippen molar-refractivity contribution in [1.29, 1.82) is 0 Å². The Morgan fingerprint density at radius 2 is 1.81 bits per heavy atom. The van der Waals surface area contributed by atoms with Crippen LogP contribution in [0.5, 0.6) is 5.75 Å². The molecule has 1 aromatic carbocycles. The van der Waals surface area contributed by atoms with Gasteiger partial charge in [0.1, 0.15) is 22.7 Å². The number of hydrogen-bond donors (Lipinski definition) is 1. The van der Waals surface area contributed by atoms with E-state index in [-0.39, 0.29) is 29.3 Å². The molecule has 0 aliphatic carbocycles. The molecule has 0 spiro atoms. The van der Waals surface area contributed by atoms with Gasteiger partial charge in [-0.1, -0.05) is 39.6 Å². The molecule has 0 bridgehead atoms. The third kappa shape index (κ3) is 5.48. The number of amides is 2. The predicted molar refractivity (Wildman–Crippen MR) is 132 cm³/mol. The molecule has 0 fully saturated rings.